The first kappa shape index (κ1) is 11.9. The van der Waals surface area contributed by atoms with Gasteiger partial charge in [-0.05, 0) is 23.7 Å². The van der Waals surface area contributed by atoms with E-state index in [1.807, 2.05) is 0 Å². The molecule has 1 aromatic heterocycles. The predicted molar refractivity (Wildman–Crippen MR) is 77.3 cm³/mol. The first-order valence-electron chi connectivity index (χ1n) is 6.40. The molecular weight excluding hydrogens is 244 g/mol. The molecule has 1 aromatic carbocycles. The van der Waals surface area contributed by atoms with E-state index in [0.717, 1.165) is 45.1 Å². The van der Waals surface area contributed by atoms with Crippen molar-refractivity contribution in [2.45, 2.75) is 0 Å². The number of anilines is 1. The lowest BCUT2D eigenvalue weighted by atomic mass is 10.2. The van der Waals surface area contributed by atoms with Crippen molar-refractivity contribution in [1.82, 2.24) is 9.27 Å². The monoisotopic (exact) mass is 262 g/mol. The van der Waals surface area contributed by atoms with Gasteiger partial charge >= 0.3 is 0 Å². The predicted octanol–water partition coefficient (Wildman–Crippen LogP) is 1.38. The van der Waals surface area contributed by atoms with Crippen LogP contribution in [0.5, 0.6) is 0 Å². The van der Waals surface area contributed by atoms with E-state index >= 15 is 0 Å². The normalized spacial score (nSPS) is 17.5. The van der Waals surface area contributed by atoms with E-state index in [-0.39, 0.29) is 0 Å². The highest BCUT2D eigenvalue weighted by Gasteiger charge is 2.19. The molecule has 18 heavy (non-hydrogen) atoms. The van der Waals surface area contributed by atoms with Crippen molar-refractivity contribution in [1.29, 1.82) is 0 Å². The lowest BCUT2D eigenvalue weighted by molar-refractivity contribution is 0.264. The van der Waals surface area contributed by atoms with Gasteiger partial charge in [0.25, 0.3) is 0 Å². The number of fused-ring (bicyclic) bond motifs is 1. The van der Waals surface area contributed by atoms with Crippen LogP contribution >= 0.6 is 11.5 Å². The van der Waals surface area contributed by atoms with Crippen molar-refractivity contribution >= 4 is 27.4 Å². The Bertz CT molecular complexity index is 516. The van der Waals surface area contributed by atoms with E-state index in [2.05, 4.69) is 38.4 Å². The van der Waals surface area contributed by atoms with E-state index in [0.29, 0.717) is 0 Å². The van der Waals surface area contributed by atoms with Crippen molar-refractivity contribution in [2.75, 3.05) is 44.2 Å². The van der Waals surface area contributed by atoms with Crippen LogP contribution < -0.4 is 10.6 Å². The van der Waals surface area contributed by atoms with Gasteiger partial charge in [-0.1, -0.05) is 12.1 Å². The topological polar surface area (TPSA) is 45.4 Å². The SMILES string of the molecule is NCCN1CCN(c2nsc3ccccc23)CC1. The number of benzene rings is 1. The number of aromatic nitrogens is 1. The minimum atomic E-state index is 0.750. The highest BCUT2D eigenvalue weighted by atomic mass is 32.1. The summed E-state index contributed by atoms with van der Waals surface area (Å²) in [5.74, 6) is 1.16. The Hall–Kier alpha value is -1.17. The van der Waals surface area contributed by atoms with Gasteiger partial charge in [-0.25, -0.2) is 0 Å². The molecule has 2 aromatic rings. The lowest BCUT2D eigenvalue weighted by Crippen LogP contribution is -2.47. The van der Waals surface area contributed by atoms with Gasteiger partial charge in [-0.15, -0.1) is 0 Å². The summed E-state index contributed by atoms with van der Waals surface area (Å²) in [6.45, 7) is 6.03. The van der Waals surface area contributed by atoms with Crippen molar-refractivity contribution in [3.63, 3.8) is 0 Å². The van der Waals surface area contributed by atoms with E-state index in [1.165, 1.54) is 10.1 Å². The maximum Gasteiger partial charge on any atom is 0.150 e. The number of hydrogen-bond donors (Lipinski definition) is 1. The fourth-order valence-electron chi connectivity index (χ4n) is 2.47. The van der Waals surface area contributed by atoms with Gasteiger partial charge in [-0.2, -0.15) is 4.37 Å². The lowest BCUT2D eigenvalue weighted by Gasteiger charge is -2.34. The van der Waals surface area contributed by atoms with Crippen LogP contribution in [0, 0.1) is 0 Å². The maximum absolute atomic E-state index is 5.60. The second-order valence-corrected chi connectivity index (χ2v) is 5.42. The summed E-state index contributed by atoms with van der Waals surface area (Å²) in [5, 5.41) is 1.29. The Labute approximate surface area is 111 Å². The molecule has 1 aliphatic rings. The third kappa shape index (κ3) is 2.21. The molecule has 0 unspecified atom stereocenters. The Morgan fingerprint density at radius 1 is 1.17 bits per heavy atom. The molecule has 2 N–H and O–H groups in total. The molecular formula is C13H18N4S. The van der Waals surface area contributed by atoms with Gasteiger partial charge in [0.15, 0.2) is 0 Å². The first-order chi connectivity index (χ1) is 8.88. The molecule has 1 saturated heterocycles. The van der Waals surface area contributed by atoms with E-state index in [1.54, 1.807) is 11.5 Å². The van der Waals surface area contributed by atoms with Crippen molar-refractivity contribution in [3.05, 3.63) is 24.3 Å². The molecule has 0 aliphatic carbocycles. The Morgan fingerprint density at radius 3 is 2.72 bits per heavy atom. The van der Waals surface area contributed by atoms with Gasteiger partial charge in [-0.3, -0.25) is 4.90 Å². The van der Waals surface area contributed by atoms with Crippen molar-refractivity contribution in [3.8, 4) is 0 Å². The van der Waals surface area contributed by atoms with Gasteiger partial charge in [0, 0.05) is 44.7 Å². The second-order valence-electron chi connectivity index (χ2n) is 4.62. The molecule has 4 nitrogen and oxygen atoms in total. The number of rotatable bonds is 3. The Morgan fingerprint density at radius 2 is 1.94 bits per heavy atom. The number of hydrogen-bond acceptors (Lipinski definition) is 5. The second kappa shape index (κ2) is 5.22. The zero-order valence-corrected chi connectivity index (χ0v) is 11.2. The molecule has 0 saturated carbocycles. The quantitative estimate of drug-likeness (QED) is 0.907. The molecule has 5 heteroatoms. The van der Waals surface area contributed by atoms with Crippen LogP contribution in [-0.2, 0) is 0 Å². The standard InChI is InChI=1S/C13H18N4S/c14-5-6-16-7-9-17(10-8-16)13-11-3-1-2-4-12(11)18-15-13/h1-4H,5-10,14H2. The van der Waals surface area contributed by atoms with E-state index in [4.69, 9.17) is 5.73 Å². The number of piperazine rings is 1. The minimum absolute atomic E-state index is 0.750. The fraction of sp³-hybridized carbons (Fsp3) is 0.462. The summed E-state index contributed by atoms with van der Waals surface area (Å²) in [7, 11) is 0. The van der Waals surface area contributed by atoms with Crippen LogP contribution in [-0.4, -0.2) is 48.5 Å². The first-order valence-corrected chi connectivity index (χ1v) is 7.17. The summed E-state index contributed by atoms with van der Waals surface area (Å²) < 4.78 is 5.89. The van der Waals surface area contributed by atoms with Crippen LogP contribution in [0.3, 0.4) is 0 Å². The summed E-state index contributed by atoms with van der Waals surface area (Å²) in [6, 6.07) is 8.47. The summed E-state index contributed by atoms with van der Waals surface area (Å²) in [4.78, 5) is 4.82. The average Bonchev–Trinajstić information content (AvgIpc) is 2.84. The molecule has 2 heterocycles. The Balaban J connectivity index is 1.76. The molecule has 0 atom stereocenters. The third-order valence-corrected chi connectivity index (χ3v) is 4.29. The fourth-order valence-corrected chi connectivity index (χ4v) is 3.26. The number of nitrogens with two attached hydrogens (primary N) is 1. The van der Waals surface area contributed by atoms with Crippen LogP contribution in [0.2, 0.25) is 0 Å². The highest BCUT2D eigenvalue weighted by molar-refractivity contribution is 7.13. The zero-order chi connectivity index (χ0) is 12.4. The van der Waals surface area contributed by atoms with Crippen molar-refractivity contribution < 1.29 is 0 Å². The molecule has 0 radical (unpaired) electrons. The van der Waals surface area contributed by atoms with Crippen LogP contribution in [0.4, 0.5) is 5.82 Å². The molecule has 0 bridgehead atoms. The summed E-state index contributed by atoms with van der Waals surface area (Å²) in [6.07, 6.45) is 0. The minimum Gasteiger partial charge on any atom is -0.353 e. The van der Waals surface area contributed by atoms with Gasteiger partial charge in [0.2, 0.25) is 0 Å². The van der Waals surface area contributed by atoms with Crippen molar-refractivity contribution in [2.24, 2.45) is 5.73 Å². The molecule has 96 valence electrons. The van der Waals surface area contributed by atoms with Gasteiger partial charge in [0.1, 0.15) is 5.82 Å². The molecule has 0 amide bonds. The van der Waals surface area contributed by atoms with E-state index < -0.39 is 0 Å². The molecule has 1 aliphatic heterocycles. The highest BCUT2D eigenvalue weighted by Crippen LogP contribution is 2.29. The van der Waals surface area contributed by atoms with Gasteiger partial charge < -0.3 is 10.6 Å². The maximum atomic E-state index is 5.60. The van der Waals surface area contributed by atoms with Crippen LogP contribution in [0.15, 0.2) is 24.3 Å². The largest absolute Gasteiger partial charge is 0.353 e. The summed E-state index contributed by atoms with van der Waals surface area (Å²) in [5.41, 5.74) is 5.60. The van der Waals surface area contributed by atoms with Gasteiger partial charge in [0.05, 0.1) is 4.70 Å². The molecule has 1 fully saturated rings. The summed E-state index contributed by atoms with van der Waals surface area (Å²) >= 11 is 1.59. The van der Waals surface area contributed by atoms with Crippen LogP contribution in [0.1, 0.15) is 0 Å². The molecule has 0 spiro atoms. The number of nitrogens with zero attached hydrogens (tertiary/aromatic N) is 3. The van der Waals surface area contributed by atoms with Crippen LogP contribution in [0.25, 0.3) is 10.1 Å². The zero-order valence-electron chi connectivity index (χ0n) is 10.4. The third-order valence-electron chi connectivity index (χ3n) is 3.48. The average molecular weight is 262 g/mol. The molecule has 3 rings (SSSR count). The van der Waals surface area contributed by atoms with E-state index in [9.17, 15) is 0 Å². The Kier molecular flexibility index (Phi) is 3.45. The smallest absolute Gasteiger partial charge is 0.150 e.